The molecule has 2 N–H and O–H groups in total. The lowest BCUT2D eigenvalue weighted by Crippen LogP contribution is -2.44. The molecule has 1 atom stereocenters. The Labute approximate surface area is 150 Å². The first-order valence-corrected chi connectivity index (χ1v) is 8.84. The number of nitrogens with zero attached hydrogens (tertiary/aromatic N) is 2. The molecule has 25 heavy (non-hydrogen) atoms. The molecule has 8 heteroatoms. The van der Waals surface area contributed by atoms with Crippen LogP contribution in [0.4, 0.5) is 9.93 Å². The number of aromatic nitrogens is 2. The van der Waals surface area contributed by atoms with E-state index in [-0.39, 0.29) is 17.5 Å². The molecular formula is C17H22N4O3S. The molecule has 1 unspecified atom stereocenters. The van der Waals surface area contributed by atoms with Crippen molar-refractivity contribution in [3.63, 3.8) is 0 Å². The second kappa shape index (κ2) is 6.87. The van der Waals surface area contributed by atoms with Crippen LogP contribution in [0.1, 0.15) is 32.2 Å². The highest BCUT2D eigenvalue weighted by Crippen LogP contribution is 2.29. The monoisotopic (exact) mass is 362 g/mol. The number of ether oxygens (including phenoxy) is 2. The van der Waals surface area contributed by atoms with Crippen molar-refractivity contribution in [3.8, 4) is 11.5 Å². The summed E-state index contributed by atoms with van der Waals surface area (Å²) in [5, 5.41) is 6.15. The molecule has 7 nitrogen and oxygen atoms in total. The summed E-state index contributed by atoms with van der Waals surface area (Å²) in [5.41, 5.74) is 0.901. The standard InChI is InChI=1S/C17H22N4O3S/c1-17(2,3)14-19-16(25-21-14)20-15(22)18-11-7-10-5-6-12(23-4)8-13(10)24-9-11/h5-6,8,11H,7,9H2,1-4H3,(H2,18,19,20,21,22). The van der Waals surface area contributed by atoms with Crippen molar-refractivity contribution in [1.29, 1.82) is 0 Å². The summed E-state index contributed by atoms with van der Waals surface area (Å²) < 4.78 is 15.2. The van der Waals surface area contributed by atoms with Gasteiger partial charge < -0.3 is 14.8 Å². The van der Waals surface area contributed by atoms with E-state index < -0.39 is 0 Å². The predicted molar refractivity (Wildman–Crippen MR) is 96.7 cm³/mol. The van der Waals surface area contributed by atoms with Crippen LogP contribution >= 0.6 is 11.5 Å². The van der Waals surface area contributed by atoms with E-state index >= 15 is 0 Å². The van der Waals surface area contributed by atoms with Crippen molar-refractivity contribution in [2.45, 2.75) is 38.6 Å². The maximum absolute atomic E-state index is 12.2. The SMILES string of the molecule is COc1ccc2c(c1)OCC(NC(=O)Nc1nc(C(C)(C)C)ns1)C2. The Kier molecular flexibility index (Phi) is 4.80. The van der Waals surface area contributed by atoms with Crippen molar-refractivity contribution in [2.24, 2.45) is 0 Å². The van der Waals surface area contributed by atoms with E-state index in [2.05, 4.69) is 20.0 Å². The molecule has 134 valence electrons. The smallest absolute Gasteiger partial charge is 0.321 e. The first-order chi connectivity index (χ1) is 11.8. The zero-order valence-corrected chi connectivity index (χ0v) is 15.6. The molecule has 2 amide bonds. The van der Waals surface area contributed by atoms with E-state index in [0.717, 1.165) is 22.9 Å². The van der Waals surface area contributed by atoms with Crippen molar-refractivity contribution >= 4 is 22.7 Å². The average molecular weight is 362 g/mol. The van der Waals surface area contributed by atoms with Gasteiger partial charge in [-0.15, -0.1) is 0 Å². The summed E-state index contributed by atoms with van der Waals surface area (Å²) in [6.07, 6.45) is 0.704. The third-order valence-corrected chi connectivity index (χ3v) is 4.46. The molecule has 1 aliphatic heterocycles. The number of hydrogen-bond acceptors (Lipinski definition) is 6. The van der Waals surface area contributed by atoms with Gasteiger partial charge in [0.15, 0.2) is 0 Å². The molecule has 0 aliphatic carbocycles. The number of urea groups is 1. The molecular weight excluding hydrogens is 340 g/mol. The van der Waals surface area contributed by atoms with Crippen LogP contribution in [0.25, 0.3) is 0 Å². The van der Waals surface area contributed by atoms with Crippen LogP contribution in [0.3, 0.4) is 0 Å². The van der Waals surface area contributed by atoms with Crippen molar-refractivity contribution in [3.05, 3.63) is 29.6 Å². The quantitative estimate of drug-likeness (QED) is 0.877. The Morgan fingerprint density at radius 3 is 2.88 bits per heavy atom. The Balaban J connectivity index is 1.57. The zero-order chi connectivity index (χ0) is 18.0. The van der Waals surface area contributed by atoms with Gasteiger partial charge in [-0.2, -0.15) is 4.37 Å². The lowest BCUT2D eigenvalue weighted by atomic mass is 9.96. The number of benzene rings is 1. The first-order valence-electron chi connectivity index (χ1n) is 8.06. The van der Waals surface area contributed by atoms with Crippen molar-refractivity contribution in [1.82, 2.24) is 14.7 Å². The number of hydrogen-bond donors (Lipinski definition) is 2. The minimum absolute atomic E-state index is 0.101. The summed E-state index contributed by atoms with van der Waals surface area (Å²) in [6, 6.07) is 5.30. The number of anilines is 1. The number of nitrogens with one attached hydrogen (secondary N) is 2. The molecule has 0 saturated carbocycles. The minimum Gasteiger partial charge on any atom is -0.497 e. The zero-order valence-electron chi connectivity index (χ0n) is 14.8. The molecule has 0 radical (unpaired) electrons. The van der Waals surface area contributed by atoms with Crippen LogP contribution in [0, 0.1) is 0 Å². The Morgan fingerprint density at radius 1 is 1.40 bits per heavy atom. The predicted octanol–water partition coefficient (Wildman–Crippen LogP) is 2.97. The molecule has 2 heterocycles. The molecule has 0 spiro atoms. The van der Waals surface area contributed by atoms with Crippen molar-refractivity contribution < 1.29 is 14.3 Å². The highest BCUT2D eigenvalue weighted by atomic mass is 32.1. The van der Waals surface area contributed by atoms with E-state index in [4.69, 9.17) is 9.47 Å². The second-order valence-corrected chi connectivity index (χ2v) is 7.71. The van der Waals surface area contributed by atoms with Gasteiger partial charge in [-0.1, -0.05) is 26.8 Å². The average Bonchev–Trinajstić information content (AvgIpc) is 3.03. The fourth-order valence-electron chi connectivity index (χ4n) is 2.47. The molecule has 1 aromatic heterocycles. The van der Waals surface area contributed by atoms with Gasteiger partial charge in [0.25, 0.3) is 0 Å². The molecule has 1 aromatic carbocycles. The fourth-order valence-corrected chi connectivity index (χ4v) is 3.22. The summed E-state index contributed by atoms with van der Waals surface area (Å²) in [6.45, 7) is 6.51. The molecule has 0 saturated heterocycles. The highest BCUT2D eigenvalue weighted by Gasteiger charge is 2.23. The number of carbonyl (C=O) groups is 1. The van der Waals surface area contributed by atoms with Crippen LogP contribution in [-0.2, 0) is 11.8 Å². The summed E-state index contributed by atoms with van der Waals surface area (Å²) in [4.78, 5) is 16.6. The first kappa shape index (κ1) is 17.5. The molecule has 1 aliphatic rings. The van der Waals surface area contributed by atoms with Gasteiger partial charge >= 0.3 is 6.03 Å². The van der Waals surface area contributed by atoms with Gasteiger partial charge in [0.1, 0.15) is 23.9 Å². The van der Waals surface area contributed by atoms with Crippen molar-refractivity contribution in [2.75, 3.05) is 19.0 Å². The van der Waals surface area contributed by atoms with Gasteiger partial charge in [-0.05, 0) is 18.1 Å². The largest absolute Gasteiger partial charge is 0.497 e. The highest BCUT2D eigenvalue weighted by molar-refractivity contribution is 7.09. The van der Waals surface area contributed by atoms with Gasteiger partial charge in [-0.25, -0.2) is 9.78 Å². The molecule has 2 aromatic rings. The van der Waals surface area contributed by atoms with E-state index in [1.165, 1.54) is 11.5 Å². The molecule has 3 rings (SSSR count). The van der Waals surface area contributed by atoms with Crippen LogP contribution < -0.4 is 20.1 Å². The Morgan fingerprint density at radius 2 is 2.20 bits per heavy atom. The lowest BCUT2D eigenvalue weighted by molar-refractivity contribution is 0.222. The minimum atomic E-state index is -0.304. The van der Waals surface area contributed by atoms with E-state index in [1.54, 1.807) is 7.11 Å². The van der Waals surface area contributed by atoms with Gasteiger partial charge in [0.2, 0.25) is 5.13 Å². The van der Waals surface area contributed by atoms with Crippen LogP contribution in [-0.4, -0.2) is 35.1 Å². The Bertz CT molecular complexity index is 769. The number of rotatable bonds is 3. The number of amides is 2. The van der Waals surface area contributed by atoms with Gasteiger partial charge in [-0.3, -0.25) is 5.32 Å². The third kappa shape index (κ3) is 4.19. The summed E-state index contributed by atoms with van der Waals surface area (Å²) >= 11 is 1.18. The van der Waals surface area contributed by atoms with E-state index in [0.29, 0.717) is 18.2 Å². The summed E-state index contributed by atoms with van der Waals surface area (Å²) in [7, 11) is 1.62. The topological polar surface area (TPSA) is 85.4 Å². The third-order valence-electron chi connectivity index (χ3n) is 3.83. The maximum Gasteiger partial charge on any atom is 0.321 e. The number of fused-ring (bicyclic) bond motifs is 1. The maximum atomic E-state index is 12.2. The van der Waals surface area contributed by atoms with Crippen LogP contribution in [0.15, 0.2) is 18.2 Å². The fraction of sp³-hybridized carbons (Fsp3) is 0.471. The van der Waals surface area contributed by atoms with Crippen LogP contribution in [0.2, 0.25) is 0 Å². The summed E-state index contributed by atoms with van der Waals surface area (Å²) in [5.74, 6) is 2.28. The number of carbonyl (C=O) groups excluding carboxylic acids is 1. The Hall–Kier alpha value is -2.35. The van der Waals surface area contributed by atoms with Gasteiger partial charge in [0.05, 0.1) is 13.2 Å². The van der Waals surface area contributed by atoms with Crippen LogP contribution in [0.5, 0.6) is 11.5 Å². The van der Waals surface area contributed by atoms with Gasteiger partial charge in [0, 0.05) is 23.0 Å². The van der Waals surface area contributed by atoms with E-state index in [1.807, 2.05) is 39.0 Å². The normalized spacial score (nSPS) is 16.6. The lowest BCUT2D eigenvalue weighted by Gasteiger charge is -2.26. The second-order valence-electron chi connectivity index (χ2n) is 6.96. The number of methoxy groups -OCH3 is 1. The molecule has 0 fully saturated rings. The van der Waals surface area contributed by atoms with E-state index in [9.17, 15) is 4.79 Å². The molecule has 0 bridgehead atoms.